The average molecular weight is 478 g/mol. The Balaban J connectivity index is 0.00000167. The second-order valence-electron chi connectivity index (χ2n) is 10.3. The summed E-state index contributed by atoms with van der Waals surface area (Å²) in [4.78, 5) is 9.61. The molecule has 35 heavy (non-hydrogen) atoms. The maximum atomic E-state index is 5.24. The predicted octanol–water partition coefficient (Wildman–Crippen LogP) is 7.50. The van der Waals surface area contributed by atoms with Crippen LogP contribution in [0.1, 0.15) is 90.5 Å². The fourth-order valence-electron chi connectivity index (χ4n) is 5.26. The number of nitrogens with zero attached hydrogens (tertiary/aromatic N) is 4. The van der Waals surface area contributed by atoms with E-state index in [0.29, 0.717) is 5.92 Å². The first-order chi connectivity index (χ1) is 16.8. The van der Waals surface area contributed by atoms with E-state index in [1.165, 1.54) is 36.8 Å². The van der Waals surface area contributed by atoms with E-state index < -0.39 is 0 Å². The highest BCUT2D eigenvalue weighted by Crippen LogP contribution is 2.42. The molecule has 1 aromatic heterocycles. The number of hydrogen-bond acceptors (Lipinski definition) is 4. The summed E-state index contributed by atoms with van der Waals surface area (Å²) >= 11 is 0. The molecule has 192 valence electrons. The van der Waals surface area contributed by atoms with Gasteiger partial charge >= 0.3 is 0 Å². The van der Waals surface area contributed by atoms with Gasteiger partial charge in [-0.15, -0.1) is 0 Å². The maximum Gasteiger partial charge on any atom is 0.206 e. The zero-order valence-electron chi connectivity index (χ0n) is 23.2. The smallest absolute Gasteiger partial charge is 0.206 e. The van der Waals surface area contributed by atoms with E-state index in [1.54, 1.807) is 0 Å². The Kier molecular flexibility index (Phi) is 8.74. The van der Waals surface area contributed by atoms with Crippen LogP contribution in [-0.4, -0.2) is 33.6 Å². The largest absolute Gasteiger partial charge is 0.350 e. The van der Waals surface area contributed by atoms with Crippen LogP contribution < -0.4 is 10.2 Å². The molecule has 0 unspecified atom stereocenters. The Morgan fingerprint density at radius 2 is 1.63 bits per heavy atom. The van der Waals surface area contributed by atoms with Gasteiger partial charge in [0.1, 0.15) is 11.5 Å². The molecule has 0 atom stereocenters. The Morgan fingerprint density at radius 3 is 2.17 bits per heavy atom. The van der Waals surface area contributed by atoms with Crippen molar-refractivity contribution in [1.82, 2.24) is 14.5 Å². The first kappa shape index (κ1) is 26.9. The lowest BCUT2D eigenvalue weighted by molar-refractivity contribution is 0.458. The Morgan fingerprint density at radius 1 is 1.03 bits per heavy atom. The third kappa shape index (κ3) is 5.44. The van der Waals surface area contributed by atoms with Gasteiger partial charge in [0.05, 0.1) is 12.2 Å². The van der Waals surface area contributed by atoms with E-state index in [-0.39, 0.29) is 5.54 Å². The Labute approximate surface area is 213 Å². The molecule has 2 aromatic rings. The maximum absolute atomic E-state index is 5.24. The second-order valence-corrected chi connectivity index (χ2v) is 10.3. The summed E-state index contributed by atoms with van der Waals surface area (Å²) in [5.74, 6) is 3.38. The van der Waals surface area contributed by atoms with Crippen LogP contribution in [0.5, 0.6) is 0 Å². The van der Waals surface area contributed by atoms with Crippen molar-refractivity contribution in [2.45, 2.75) is 92.2 Å². The third-order valence-corrected chi connectivity index (χ3v) is 7.52. The number of anilines is 2. The lowest BCUT2D eigenvalue weighted by Gasteiger charge is -2.39. The molecule has 0 spiro atoms. The van der Waals surface area contributed by atoms with Crippen LogP contribution in [0.4, 0.5) is 11.8 Å². The molecule has 1 N–H and O–H groups in total. The van der Waals surface area contributed by atoms with Crippen LogP contribution in [0.2, 0.25) is 0 Å². The normalized spacial score (nSPS) is 16.9. The molecule has 0 radical (unpaired) electrons. The summed E-state index contributed by atoms with van der Waals surface area (Å²) in [6, 6.07) is 8.98. The zero-order valence-corrected chi connectivity index (χ0v) is 23.2. The standard InChI is InChI=1S/C28H41N5.C2H6/c1-8-23-12-14-24(15-13-23)19-33-25-21(5)31(7)22(6)32(18-20(3)4)26(25)29-27(33)30-28(9-2)16-10-11-17-28;1-2/h12-15,20H,5-6,8-11,16-19H2,1-4,7H3,(H,29,30);1-2H3. The van der Waals surface area contributed by atoms with Crippen molar-refractivity contribution in [2.24, 2.45) is 5.92 Å². The fourth-order valence-corrected chi connectivity index (χ4v) is 5.26. The van der Waals surface area contributed by atoms with E-state index >= 15 is 0 Å². The van der Waals surface area contributed by atoms with Crippen molar-refractivity contribution >= 4 is 17.5 Å². The molecule has 5 heteroatoms. The lowest BCUT2D eigenvalue weighted by atomic mass is 9.94. The molecule has 4 rings (SSSR count). The van der Waals surface area contributed by atoms with Crippen molar-refractivity contribution in [3.05, 3.63) is 60.1 Å². The van der Waals surface area contributed by atoms with Gasteiger partial charge in [-0.3, -0.25) is 0 Å². The molecule has 1 fully saturated rings. The summed E-state index contributed by atoms with van der Waals surface area (Å²) in [5.41, 5.74) is 4.83. The number of aromatic nitrogens is 2. The molecular weight excluding hydrogens is 430 g/mol. The average Bonchev–Trinajstić information content (AvgIpc) is 3.48. The number of hydrogen-bond donors (Lipinski definition) is 1. The van der Waals surface area contributed by atoms with Crippen LogP contribution in [0.15, 0.2) is 43.2 Å². The van der Waals surface area contributed by atoms with Gasteiger partial charge in [0.25, 0.3) is 0 Å². The molecule has 1 saturated carbocycles. The summed E-state index contributed by atoms with van der Waals surface area (Å²) in [7, 11) is 2.06. The second kappa shape index (κ2) is 11.4. The van der Waals surface area contributed by atoms with Gasteiger partial charge in [-0.05, 0) is 42.7 Å². The molecular formula is C30H47N5. The highest BCUT2D eigenvalue weighted by molar-refractivity contribution is 5.78. The zero-order chi connectivity index (χ0) is 25.8. The van der Waals surface area contributed by atoms with Crippen molar-refractivity contribution in [3.63, 3.8) is 0 Å². The quantitative estimate of drug-likeness (QED) is 0.427. The van der Waals surface area contributed by atoms with Crippen molar-refractivity contribution < 1.29 is 0 Å². The number of rotatable bonds is 8. The van der Waals surface area contributed by atoms with Gasteiger partial charge < -0.3 is 19.7 Å². The van der Waals surface area contributed by atoms with E-state index in [4.69, 9.17) is 4.98 Å². The van der Waals surface area contributed by atoms with Crippen LogP contribution in [0.3, 0.4) is 0 Å². The molecule has 1 aliphatic carbocycles. The fraction of sp³-hybridized carbons (Fsp3) is 0.567. The number of imidazole rings is 1. The van der Waals surface area contributed by atoms with Gasteiger partial charge in [0, 0.05) is 19.1 Å². The van der Waals surface area contributed by atoms with E-state index in [9.17, 15) is 0 Å². The monoisotopic (exact) mass is 477 g/mol. The Bertz CT molecular complexity index is 1010. The Hall–Kier alpha value is -2.69. The number of benzene rings is 1. The molecule has 2 heterocycles. The lowest BCUT2D eigenvalue weighted by Crippen LogP contribution is -2.39. The minimum absolute atomic E-state index is 0.130. The van der Waals surface area contributed by atoms with E-state index in [2.05, 4.69) is 91.8 Å². The first-order valence-electron chi connectivity index (χ1n) is 13.6. The van der Waals surface area contributed by atoms with Gasteiger partial charge in [-0.25, -0.2) is 0 Å². The van der Waals surface area contributed by atoms with Gasteiger partial charge in [0.2, 0.25) is 5.95 Å². The number of aryl methyl sites for hydroxylation is 1. The van der Waals surface area contributed by atoms with Gasteiger partial charge in [-0.1, -0.05) is 91.8 Å². The van der Waals surface area contributed by atoms with Gasteiger partial charge in [-0.2, -0.15) is 4.98 Å². The van der Waals surface area contributed by atoms with Crippen LogP contribution in [0, 0.1) is 5.92 Å². The summed E-state index contributed by atoms with van der Waals surface area (Å²) in [6.45, 7) is 23.5. The van der Waals surface area contributed by atoms with E-state index in [1.807, 2.05) is 13.8 Å². The highest BCUT2D eigenvalue weighted by Gasteiger charge is 2.37. The number of nitrogens with one attached hydrogen (secondary N) is 1. The van der Waals surface area contributed by atoms with Crippen LogP contribution >= 0.6 is 0 Å². The van der Waals surface area contributed by atoms with Crippen molar-refractivity contribution in [3.8, 4) is 0 Å². The van der Waals surface area contributed by atoms with Gasteiger partial charge in [0.15, 0.2) is 5.82 Å². The highest BCUT2D eigenvalue weighted by atomic mass is 15.4. The van der Waals surface area contributed by atoms with Crippen molar-refractivity contribution in [1.29, 1.82) is 0 Å². The minimum atomic E-state index is 0.130. The minimum Gasteiger partial charge on any atom is -0.350 e. The summed E-state index contributed by atoms with van der Waals surface area (Å²) in [6.07, 6.45) is 7.14. The topological polar surface area (TPSA) is 36.3 Å². The number of fused-ring (bicyclic) bond motifs is 1. The van der Waals surface area contributed by atoms with E-state index in [0.717, 1.165) is 54.9 Å². The van der Waals surface area contributed by atoms with Crippen LogP contribution in [-0.2, 0) is 13.0 Å². The molecule has 1 aliphatic heterocycles. The predicted molar refractivity (Wildman–Crippen MR) is 152 cm³/mol. The molecule has 1 aromatic carbocycles. The van der Waals surface area contributed by atoms with Crippen molar-refractivity contribution in [2.75, 3.05) is 23.8 Å². The molecule has 0 bridgehead atoms. The third-order valence-electron chi connectivity index (χ3n) is 7.52. The summed E-state index contributed by atoms with van der Waals surface area (Å²) < 4.78 is 2.35. The molecule has 2 aliphatic rings. The van der Waals surface area contributed by atoms with Crippen LogP contribution in [0.25, 0.3) is 5.70 Å². The first-order valence-corrected chi connectivity index (χ1v) is 13.6. The molecule has 5 nitrogen and oxygen atoms in total. The molecule has 0 amide bonds. The SMILES string of the molecule is C=C1c2c(nc(NC3(CC)CCCC3)n2Cc2ccc(CC)cc2)N(CC(C)C)C(=C)N1C.CC. The molecule has 0 saturated heterocycles. The summed E-state index contributed by atoms with van der Waals surface area (Å²) in [5, 5.41) is 3.93.